The van der Waals surface area contributed by atoms with Gasteiger partial charge in [-0.15, -0.1) is 0 Å². The van der Waals surface area contributed by atoms with Crippen LogP contribution in [0.3, 0.4) is 0 Å². The van der Waals surface area contributed by atoms with Crippen LogP contribution in [-0.2, 0) is 28.8 Å². The zero-order valence-electron chi connectivity index (χ0n) is 24.4. The van der Waals surface area contributed by atoms with E-state index in [1.54, 1.807) is 6.92 Å². The summed E-state index contributed by atoms with van der Waals surface area (Å²) in [6, 6.07) is -3.37. The molecule has 4 amide bonds. The Kier molecular flexibility index (Phi) is 9.24. The van der Waals surface area contributed by atoms with E-state index in [1.807, 2.05) is 6.92 Å². The molecule has 2 unspecified atom stereocenters. The molecule has 232 valence electrons. The maximum Gasteiger partial charge on any atom is 0.240 e. The topological polar surface area (TPSA) is 241 Å². The fourth-order valence-electron chi connectivity index (χ4n) is 7.50. The highest BCUT2D eigenvalue weighted by Gasteiger charge is 2.63. The van der Waals surface area contributed by atoms with E-state index in [9.17, 15) is 28.8 Å². The van der Waals surface area contributed by atoms with Gasteiger partial charge < -0.3 is 38.5 Å². The number of amides is 4. The first-order chi connectivity index (χ1) is 19.9. The number of piperidine rings is 2. The molecule has 4 fully saturated rings. The molecule has 10 N–H and O–H groups in total. The molecule has 4 rings (SSSR count). The number of nitrogens with one attached hydrogen (secondary N) is 4. The fourth-order valence-corrected chi connectivity index (χ4v) is 7.50. The highest BCUT2D eigenvalue weighted by molar-refractivity contribution is 6.05. The van der Waals surface area contributed by atoms with Crippen LogP contribution in [-0.4, -0.2) is 78.4 Å². The number of piperazine rings is 1. The molecule has 4 aliphatic rings. The molecule has 3 heterocycles. The van der Waals surface area contributed by atoms with Gasteiger partial charge in [0.05, 0.1) is 18.0 Å². The second-order valence-electron chi connectivity index (χ2n) is 12.4. The molecule has 0 aromatic heterocycles. The van der Waals surface area contributed by atoms with Gasteiger partial charge in [-0.05, 0) is 44.9 Å². The van der Waals surface area contributed by atoms with E-state index in [2.05, 4.69) is 26.3 Å². The van der Waals surface area contributed by atoms with Crippen molar-refractivity contribution in [3.05, 3.63) is 0 Å². The average Bonchev–Trinajstić information content (AvgIpc) is 3.04. The van der Waals surface area contributed by atoms with Gasteiger partial charge in [0.15, 0.2) is 17.5 Å². The Balaban J connectivity index is 1.67. The number of rotatable bonds is 10. The van der Waals surface area contributed by atoms with E-state index >= 15 is 0 Å². The summed E-state index contributed by atoms with van der Waals surface area (Å²) in [5.41, 5.74) is 13.9. The minimum absolute atomic E-state index is 0.0360. The third kappa shape index (κ3) is 5.72. The maximum atomic E-state index is 14.4. The van der Waals surface area contributed by atoms with Gasteiger partial charge in [-0.3, -0.25) is 33.8 Å². The van der Waals surface area contributed by atoms with Crippen LogP contribution >= 0.6 is 0 Å². The lowest BCUT2D eigenvalue weighted by molar-refractivity contribution is -0.152. The van der Waals surface area contributed by atoms with Crippen molar-refractivity contribution in [1.29, 1.82) is 0 Å². The monoisotopic (exact) mass is 588 g/mol. The van der Waals surface area contributed by atoms with Gasteiger partial charge >= 0.3 is 0 Å². The number of hydrogen-bond donors (Lipinski definition) is 7. The van der Waals surface area contributed by atoms with Gasteiger partial charge in [-0.25, -0.2) is 0 Å². The normalized spacial score (nSPS) is 36.3. The van der Waals surface area contributed by atoms with Gasteiger partial charge in [-0.2, -0.15) is 0 Å². The Labute approximate surface area is 245 Å². The van der Waals surface area contributed by atoms with Gasteiger partial charge in [0, 0.05) is 29.8 Å². The van der Waals surface area contributed by atoms with E-state index < -0.39 is 64.6 Å². The standard InChI is InChI=1S/C28H44N8O6/c1-3-4-7-16-25(42)36-19(13-33-16)21(38)27-8-9-28(20(37)17(11-27)34-23(40)14(27)2)12-18(22(29)39)35-24(41)15(28)6-5-10-32-26(30)31/h14-19,33H,3-13H2,1-2H3,(H2,29,39)(H,34,40)(H,35,41)(H,36,42)(H4,30,31,32)/t14-,15+,16+,17+,18-,19-,27?,28?/m1/s1. The second kappa shape index (κ2) is 12.4. The summed E-state index contributed by atoms with van der Waals surface area (Å²) in [6.07, 6.45) is 3.35. The number of fused-ring (bicyclic) bond motifs is 2. The molecule has 1 saturated carbocycles. The first-order valence-electron chi connectivity index (χ1n) is 14.9. The van der Waals surface area contributed by atoms with Crippen LogP contribution in [0.1, 0.15) is 71.6 Å². The number of guanidine groups is 1. The van der Waals surface area contributed by atoms with E-state index in [-0.39, 0.29) is 68.6 Å². The molecule has 8 atom stereocenters. The first-order valence-corrected chi connectivity index (χ1v) is 14.9. The molecule has 0 radical (unpaired) electrons. The molecule has 1 aliphatic carbocycles. The van der Waals surface area contributed by atoms with Crippen molar-refractivity contribution in [2.45, 2.75) is 95.8 Å². The van der Waals surface area contributed by atoms with Gasteiger partial charge in [0.25, 0.3) is 0 Å². The molecule has 3 saturated heterocycles. The molecule has 1 spiro atoms. The number of nitrogens with zero attached hydrogens (tertiary/aromatic N) is 1. The lowest BCUT2D eigenvalue weighted by Gasteiger charge is -2.45. The van der Waals surface area contributed by atoms with Crippen LogP contribution in [0.2, 0.25) is 0 Å². The van der Waals surface area contributed by atoms with Crippen molar-refractivity contribution in [2.75, 3.05) is 13.1 Å². The summed E-state index contributed by atoms with van der Waals surface area (Å²) in [5, 5.41) is 11.5. The number of ketones is 2. The Bertz CT molecular complexity index is 1170. The van der Waals surface area contributed by atoms with Gasteiger partial charge in [-0.1, -0.05) is 26.7 Å². The van der Waals surface area contributed by atoms with Crippen molar-refractivity contribution in [3.8, 4) is 0 Å². The smallest absolute Gasteiger partial charge is 0.240 e. The molecule has 42 heavy (non-hydrogen) atoms. The Morgan fingerprint density at radius 3 is 2.26 bits per heavy atom. The van der Waals surface area contributed by atoms with Crippen LogP contribution < -0.4 is 38.5 Å². The molecule has 0 aromatic carbocycles. The third-order valence-corrected chi connectivity index (χ3v) is 9.94. The Morgan fingerprint density at radius 1 is 0.905 bits per heavy atom. The predicted octanol–water partition coefficient (Wildman–Crippen LogP) is -1.89. The lowest BCUT2D eigenvalue weighted by Crippen LogP contribution is -2.66. The van der Waals surface area contributed by atoms with Crippen LogP contribution in [0.15, 0.2) is 4.99 Å². The molecule has 14 nitrogen and oxygen atoms in total. The molecule has 14 heteroatoms. The predicted molar refractivity (Wildman–Crippen MR) is 152 cm³/mol. The second-order valence-corrected chi connectivity index (χ2v) is 12.4. The van der Waals surface area contributed by atoms with Gasteiger partial charge in [0.2, 0.25) is 23.6 Å². The molecule has 3 aliphatic heterocycles. The number of primary amides is 1. The SMILES string of the molecule is CCCC[C@@H]1NC[C@H](C(=O)C23CCC4(C[C@H](C(N)=O)NC(=O)[C@@H]4CCCN=C(N)N)C(=O)[C@H](C2)NC(=O)[C@H]3C)NC1=O. The maximum absolute atomic E-state index is 14.4. The number of carbonyl (C=O) groups is 6. The number of aliphatic imine (C=N–C) groups is 1. The summed E-state index contributed by atoms with van der Waals surface area (Å²) in [5.74, 6) is -4.33. The van der Waals surface area contributed by atoms with Crippen molar-refractivity contribution in [1.82, 2.24) is 21.3 Å². The Hall–Kier alpha value is -3.55. The molecular formula is C28H44N8O6. The number of hydrogen-bond acceptors (Lipinski definition) is 8. The first kappa shape index (κ1) is 31.4. The van der Waals surface area contributed by atoms with E-state index in [4.69, 9.17) is 17.2 Å². The quantitative estimate of drug-likeness (QED) is 0.0855. The lowest BCUT2D eigenvalue weighted by atomic mass is 9.60. The van der Waals surface area contributed by atoms with Crippen LogP contribution in [0.4, 0.5) is 0 Å². The van der Waals surface area contributed by atoms with E-state index in [1.165, 1.54) is 0 Å². The number of Topliss-reactive ketones (excluding diaryl/α,β-unsaturated/α-hetero) is 2. The van der Waals surface area contributed by atoms with Crippen LogP contribution in [0.5, 0.6) is 0 Å². The average molecular weight is 589 g/mol. The van der Waals surface area contributed by atoms with E-state index in [0.29, 0.717) is 12.8 Å². The zero-order valence-corrected chi connectivity index (χ0v) is 24.4. The molecule has 2 bridgehead atoms. The number of unbranched alkanes of at least 4 members (excludes halogenated alkanes) is 1. The summed E-state index contributed by atoms with van der Waals surface area (Å²) >= 11 is 0. The summed E-state index contributed by atoms with van der Waals surface area (Å²) in [7, 11) is 0. The van der Waals surface area contributed by atoms with Crippen molar-refractivity contribution in [2.24, 2.45) is 44.9 Å². The minimum Gasteiger partial charge on any atom is -0.370 e. The fraction of sp³-hybridized carbons (Fsp3) is 0.750. The van der Waals surface area contributed by atoms with Crippen molar-refractivity contribution in [3.63, 3.8) is 0 Å². The summed E-state index contributed by atoms with van der Waals surface area (Å²) in [6.45, 7) is 4.16. The third-order valence-electron chi connectivity index (χ3n) is 9.94. The van der Waals surface area contributed by atoms with Crippen LogP contribution in [0, 0.1) is 22.7 Å². The highest BCUT2D eigenvalue weighted by atomic mass is 16.2. The molecular weight excluding hydrogens is 544 g/mol. The minimum atomic E-state index is -1.34. The van der Waals surface area contributed by atoms with Crippen LogP contribution in [0.25, 0.3) is 0 Å². The van der Waals surface area contributed by atoms with E-state index in [0.717, 1.165) is 12.8 Å². The summed E-state index contributed by atoms with van der Waals surface area (Å²) < 4.78 is 0. The molecule has 0 aromatic rings. The highest BCUT2D eigenvalue weighted by Crippen LogP contribution is 2.54. The van der Waals surface area contributed by atoms with Gasteiger partial charge in [0.1, 0.15) is 12.1 Å². The largest absolute Gasteiger partial charge is 0.370 e. The van der Waals surface area contributed by atoms with Crippen molar-refractivity contribution >= 4 is 41.2 Å². The number of nitrogens with two attached hydrogens (primary N) is 3. The number of carbonyl (C=O) groups excluding carboxylic acids is 6. The van der Waals surface area contributed by atoms with Crippen molar-refractivity contribution < 1.29 is 28.8 Å². The zero-order chi connectivity index (χ0) is 30.8. The summed E-state index contributed by atoms with van der Waals surface area (Å²) in [4.78, 5) is 84.5. The Morgan fingerprint density at radius 2 is 1.62 bits per heavy atom.